The highest BCUT2D eigenvalue weighted by Gasteiger charge is 2.18. The van der Waals surface area contributed by atoms with Gasteiger partial charge in [-0.3, -0.25) is 4.98 Å². The topological polar surface area (TPSA) is 25.8 Å². The molecule has 256 valence electrons. The van der Waals surface area contributed by atoms with Gasteiger partial charge < -0.3 is 0 Å². The zero-order valence-electron chi connectivity index (χ0n) is 35.3. The number of hydrogen-bond acceptors (Lipinski definition) is 3. The minimum absolute atomic E-state index is 0.147. The van der Waals surface area contributed by atoms with E-state index in [4.69, 9.17) is 7.73 Å². The smallest absolute Gasteiger partial charge is 0.0972 e. The van der Waals surface area contributed by atoms with Crippen LogP contribution in [-0.2, 0) is 0 Å². The van der Waals surface area contributed by atoms with Gasteiger partial charge in [0.15, 0.2) is 0 Å². The minimum Gasteiger partial charge on any atom is -0.254 e. The van der Waals surface area contributed by atoms with Gasteiger partial charge in [-0.05, 0) is 90.5 Å². The van der Waals surface area contributed by atoms with Gasteiger partial charge in [0.2, 0.25) is 0 Å². The Morgan fingerprint density at radius 2 is 1.02 bits per heavy atom. The molecule has 3 heteroatoms. The number of benzene rings is 8. The van der Waals surface area contributed by atoms with Crippen LogP contribution in [0.4, 0.5) is 0 Å². The second-order valence-corrected chi connectivity index (χ2v) is 14.7. The number of thiophene rings is 1. The Morgan fingerprint density at radius 3 is 1.78 bits per heavy atom. The summed E-state index contributed by atoms with van der Waals surface area (Å²) in [7, 11) is 0. The van der Waals surface area contributed by atoms with Crippen molar-refractivity contribution in [3.63, 3.8) is 0 Å². The first-order chi connectivity index (χ1) is 29.8. The molecule has 0 aliphatic carbocycles. The van der Waals surface area contributed by atoms with Gasteiger partial charge in [-0.15, -0.1) is 11.3 Å². The van der Waals surface area contributed by atoms with Crippen molar-refractivity contribution in [2.24, 2.45) is 0 Å². The summed E-state index contributed by atoms with van der Waals surface area (Å²) in [5.74, 6) is 0. The molecular weight excluding hydrogens is 685 g/mol. The van der Waals surface area contributed by atoms with Gasteiger partial charge in [0.05, 0.1) is 25.0 Å². The van der Waals surface area contributed by atoms with E-state index in [1.165, 1.54) is 21.9 Å². The lowest BCUT2D eigenvalue weighted by molar-refractivity contribution is 1.37. The zero-order valence-corrected chi connectivity index (χ0v) is 30.1. The molecule has 3 aromatic heterocycles. The highest BCUT2D eigenvalue weighted by molar-refractivity contribution is 7.19. The van der Waals surface area contributed by atoms with Gasteiger partial charge in [0, 0.05) is 37.9 Å². The van der Waals surface area contributed by atoms with Crippen molar-refractivity contribution in [3.05, 3.63) is 194 Å². The largest absolute Gasteiger partial charge is 0.254 e. The molecule has 0 aliphatic heterocycles. The number of rotatable bonds is 5. The highest BCUT2D eigenvalue weighted by atomic mass is 32.1. The predicted octanol–water partition coefficient (Wildman–Crippen LogP) is 14.6. The van der Waals surface area contributed by atoms with E-state index in [9.17, 15) is 5.48 Å². The summed E-state index contributed by atoms with van der Waals surface area (Å²) < 4.78 is 54.9. The highest BCUT2D eigenvalue weighted by Crippen LogP contribution is 2.47. The predicted molar refractivity (Wildman–Crippen MR) is 235 cm³/mol. The minimum atomic E-state index is -0.411. The van der Waals surface area contributed by atoms with Crippen molar-refractivity contribution < 1.29 is 8.22 Å². The molecule has 0 spiro atoms. The van der Waals surface area contributed by atoms with Gasteiger partial charge in [0.1, 0.15) is 0 Å². The fourth-order valence-corrected chi connectivity index (χ4v) is 9.05. The third-order valence-electron chi connectivity index (χ3n) is 10.5. The normalized spacial score (nSPS) is 13.2. The van der Waals surface area contributed by atoms with Gasteiger partial charge in [-0.2, -0.15) is 0 Å². The number of pyridine rings is 2. The Labute approximate surface area is 331 Å². The third kappa shape index (κ3) is 5.24. The van der Waals surface area contributed by atoms with Crippen LogP contribution in [0.3, 0.4) is 0 Å². The fraction of sp³-hybridized carbons (Fsp3) is 0. The Morgan fingerprint density at radius 1 is 0.418 bits per heavy atom. The quantitative estimate of drug-likeness (QED) is 0.131. The third-order valence-corrected chi connectivity index (χ3v) is 11.6. The van der Waals surface area contributed by atoms with E-state index >= 15 is 0 Å². The molecule has 8 aromatic carbocycles. The van der Waals surface area contributed by atoms with Crippen LogP contribution in [-0.4, -0.2) is 9.97 Å². The SMILES string of the molecule is [2H]c1c([2H])c([2H])c2c(-c3ccc4ccc5cccnc5c4n3)c([2H])c([2H])c(-c3cccc(-c4ccc(-c5c6ccccc6c(-c6ccccc6)c6ccccc56)s4)c3)c2c1[2H]. The summed E-state index contributed by atoms with van der Waals surface area (Å²) in [6.45, 7) is 0. The van der Waals surface area contributed by atoms with Crippen LogP contribution < -0.4 is 0 Å². The Kier molecular flexibility index (Phi) is 6.07. The molecule has 0 fully saturated rings. The Bertz CT molecular complexity index is 3560. The molecule has 11 rings (SSSR count). The number of aromatic nitrogens is 2. The van der Waals surface area contributed by atoms with E-state index in [1.807, 2.05) is 60.7 Å². The summed E-state index contributed by atoms with van der Waals surface area (Å²) in [4.78, 5) is 11.7. The van der Waals surface area contributed by atoms with Gasteiger partial charge in [-0.1, -0.05) is 158 Å². The van der Waals surface area contributed by atoms with E-state index in [2.05, 4.69) is 89.9 Å². The summed E-state index contributed by atoms with van der Waals surface area (Å²) in [6, 6.07) is 49.4. The van der Waals surface area contributed by atoms with Gasteiger partial charge >= 0.3 is 0 Å². The van der Waals surface area contributed by atoms with Gasteiger partial charge in [-0.25, -0.2) is 4.98 Å². The lowest BCUT2D eigenvalue weighted by atomic mass is 9.88. The van der Waals surface area contributed by atoms with Crippen molar-refractivity contribution in [1.82, 2.24) is 9.97 Å². The number of nitrogens with zero attached hydrogens (tertiary/aromatic N) is 2. The maximum Gasteiger partial charge on any atom is 0.0972 e. The molecule has 0 saturated carbocycles. The molecule has 0 unspecified atom stereocenters. The molecule has 3 heterocycles. The number of hydrogen-bond donors (Lipinski definition) is 0. The van der Waals surface area contributed by atoms with Crippen molar-refractivity contribution in [2.45, 2.75) is 0 Å². The summed E-state index contributed by atoms with van der Waals surface area (Å²) in [6.07, 6.45) is 1.70. The van der Waals surface area contributed by atoms with E-state index < -0.39 is 12.1 Å². The molecule has 0 saturated heterocycles. The summed E-state index contributed by atoms with van der Waals surface area (Å²) in [5.41, 5.74) is 7.09. The van der Waals surface area contributed by atoms with Crippen LogP contribution in [0.2, 0.25) is 0 Å². The van der Waals surface area contributed by atoms with E-state index in [0.717, 1.165) is 42.4 Å². The van der Waals surface area contributed by atoms with Crippen molar-refractivity contribution in [2.75, 3.05) is 0 Å². The van der Waals surface area contributed by atoms with Crippen LogP contribution in [0.25, 0.3) is 109 Å². The second kappa shape index (κ2) is 12.9. The monoisotopic (exact) mass is 722 g/mol. The summed E-state index contributed by atoms with van der Waals surface area (Å²) >= 11 is 1.68. The first-order valence-corrected chi connectivity index (χ1v) is 19.0. The van der Waals surface area contributed by atoms with Crippen LogP contribution in [0.1, 0.15) is 8.22 Å². The van der Waals surface area contributed by atoms with Crippen molar-refractivity contribution in [1.29, 1.82) is 0 Å². The molecule has 0 radical (unpaired) electrons. The molecule has 0 amide bonds. The maximum atomic E-state index is 9.54. The van der Waals surface area contributed by atoms with Crippen molar-refractivity contribution >= 4 is 65.5 Å². The first-order valence-electron chi connectivity index (χ1n) is 21.2. The Hall–Kier alpha value is -6.94. The van der Waals surface area contributed by atoms with Crippen LogP contribution >= 0.6 is 11.3 Å². The molecule has 0 aliphatic rings. The zero-order chi connectivity index (χ0) is 41.5. The molecule has 55 heavy (non-hydrogen) atoms. The van der Waals surface area contributed by atoms with E-state index in [-0.39, 0.29) is 46.1 Å². The second-order valence-electron chi connectivity index (χ2n) is 13.6. The molecule has 11 aromatic rings. The van der Waals surface area contributed by atoms with E-state index in [0.29, 0.717) is 22.3 Å². The molecule has 0 atom stereocenters. The van der Waals surface area contributed by atoms with E-state index in [1.54, 1.807) is 23.6 Å². The lowest BCUT2D eigenvalue weighted by Crippen LogP contribution is -1.91. The molecule has 0 N–H and O–H groups in total. The molecule has 0 bridgehead atoms. The molecule has 2 nitrogen and oxygen atoms in total. The van der Waals surface area contributed by atoms with Crippen molar-refractivity contribution in [3.8, 4) is 54.4 Å². The van der Waals surface area contributed by atoms with Gasteiger partial charge in [0.25, 0.3) is 0 Å². The maximum absolute atomic E-state index is 9.54. The van der Waals surface area contributed by atoms with Crippen LogP contribution in [0.15, 0.2) is 194 Å². The summed E-state index contributed by atoms with van der Waals surface area (Å²) in [5, 5.41) is 6.76. The average Bonchev–Trinajstić information content (AvgIpc) is 3.80. The number of fused-ring (bicyclic) bond motifs is 6. The van der Waals surface area contributed by atoms with Crippen LogP contribution in [0, 0.1) is 0 Å². The lowest BCUT2D eigenvalue weighted by Gasteiger charge is -2.16. The first kappa shape index (κ1) is 25.9. The molecular formula is C52H32N2S. The Balaban J connectivity index is 1.09. The fourth-order valence-electron chi connectivity index (χ4n) is 7.97. The van der Waals surface area contributed by atoms with Crippen LogP contribution in [0.5, 0.6) is 0 Å². The average molecular weight is 723 g/mol. The standard InChI is InChI=1S/C52H32N2S/c1-2-12-33(13-3-1)49-42-19-6-8-21-44(42)50(45-22-9-7-20-43(45)49)48-30-29-47(55-48)37-15-10-14-36(32-37)38-26-27-41(40-18-5-4-17-39(38)40)46-28-25-35-24-23-34-16-11-31-53-51(34)52(35)54-46/h1-32H/i4D,5D,17D,18D,26D,27D.